The first-order chi connectivity index (χ1) is 55.8. The Bertz CT molecular complexity index is 4440. The second kappa shape index (κ2) is 41.6. The highest BCUT2D eigenvalue weighted by atomic mass is 31.3. The molecule has 3 aliphatic rings. The van der Waals surface area contributed by atoms with E-state index in [9.17, 15) is 116 Å². The minimum absolute atomic E-state index is 0.00505. The average molecular weight is 1820 g/mol. The Hall–Kier alpha value is -6.36. The van der Waals surface area contributed by atoms with Crippen molar-refractivity contribution in [3.05, 3.63) is 60.7 Å². The van der Waals surface area contributed by atoms with Crippen LogP contribution in [0.1, 0.15) is 155 Å². The number of carbonyl (C=O) groups is 6. The summed E-state index contributed by atoms with van der Waals surface area (Å²) >= 11 is 0. The van der Waals surface area contributed by atoms with E-state index in [0.29, 0.717) is 12.8 Å². The highest BCUT2D eigenvalue weighted by Gasteiger charge is 2.53. The summed E-state index contributed by atoms with van der Waals surface area (Å²) in [6.45, 7) is 3.95. The molecule has 14 unspecified atom stereocenters. The fourth-order valence-electron chi connectivity index (χ4n) is 13.1. The van der Waals surface area contributed by atoms with E-state index in [1.54, 1.807) is 0 Å². The molecule has 14 atom stereocenters. The van der Waals surface area contributed by atoms with Gasteiger partial charge in [0.15, 0.2) is 35.4 Å². The van der Waals surface area contributed by atoms with Gasteiger partial charge in [-0.15, -0.1) is 0 Å². The van der Waals surface area contributed by atoms with E-state index in [0.717, 1.165) is 98.7 Å². The third-order valence-electron chi connectivity index (χ3n) is 20.2. The molecular formula is C66H104N14O34P6. The van der Waals surface area contributed by atoms with Crippen molar-refractivity contribution in [3.63, 3.8) is 0 Å². The number of amides is 4. The standard InChI is InChI=1S/C66H104N14O34P6/c1-63(2,43(81)19-27-69-45(83)21-29-71-59(89)53(87)64(3,4)33-107-119(101,102)113-117(97,98)105-31-41-51(111-115(91,92)93)49(85)61(109-41)79-37-77-47-55(67)73-35-75-57(47)79)23-13-7-9-15-39-17-11-12-18-40(39)16-10-8-14-24-66(25-26-66)44(82)20-28-70-46(84)22-30-72-60(90)54(88)65(5,6)34-108-120(103,104)114-118(99,100)106-32-42-52(112-116(94,95)96)50(86)62(110-42)80-38-78-48-56(68)74-36-76-58(48)80/h11-12,17-18,35-38,41-42,49-54,61-62,85-88H,7-10,13-16,19-34H2,1-6H3,(H,69,83)(H,70,84)(H,71,89)(H,72,90)(H,97,98)(H,99,100)(H,101,102)(H,103,104)(H2,67,73,75)(H2,68,74,76)(H2,91,92,93)(H2,94,95,96). The van der Waals surface area contributed by atoms with Gasteiger partial charge >= 0.3 is 46.9 Å². The Morgan fingerprint density at radius 3 is 1.33 bits per heavy atom. The summed E-state index contributed by atoms with van der Waals surface area (Å²) in [4.78, 5) is 181. The van der Waals surface area contributed by atoms with E-state index in [-0.39, 0.29) is 97.4 Å². The third-order valence-corrected chi connectivity index (χ3v) is 26.4. The van der Waals surface area contributed by atoms with E-state index in [1.807, 2.05) is 26.0 Å². The number of aliphatic hydroxyl groups excluding tert-OH is 4. The molecule has 48 nitrogen and oxygen atoms in total. The van der Waals surface area contributed by atoms with Gasteiger partial charge in [0.05, 0.1) is 39.1 Å². The summed E-state index contributed by atoms with van der Waals surface area (Å²) in [5.41, 5.74) is 9.71. The summed E-state index contributed by atoms with van der Waals surface area (Å²) < 4.78 is 126. The summed E-state index contributed by atoms with van der Waals surface area (Å²) in [6, 6.07) is 8.21. The van der Waals surface area contributed by atoms with Gasteiger partial charge in [-0.25, -0.2) is 57.3 Å². The predicted octanol–water partition coefficient (Wildman–Crippen LogP) is 2.45. The maximum Gasteiger partial charge on any atom is 0.481 e. The number of nitrogens with two attached hydrogens (primary N) is 2. The maximum absolute atomic E-state index is 13.4. The number of imidazole rings is 2. The highest BCUT2D eigenvalue weighted by molar-refractivity contribution is 7.61. The molecule has 0 radical (unpaired) electrons. The zero-order chi connectivity index (χ0) is 88.8. The number of Topliss-reactive ketones (excluding diaryl/α,β-unsaturated/α-hetero) is 2. The van der Waals surface area contributed by atoms with Crippen molar-refractivity contribution >= 4 is 116 Å². The molecule has 2 aliphatic heterocycles. The SMILES string of the molecule is CC(C)(CCCCCc1ccccc1CCCCCC1(C(=O)CCNC(=O)CCNC(=O)C(O)C(C)(C)COP(=O)(O)OP(=O)(O)OCC2OC(n3cnc4c(N)ncnc43)C(O)C2OP(=O)(O)O)CC1)C(=O)CCNC(=O)CCNC(=O)C(O)C(C)(C)COP(=O)(O)OP(=O)(O)OCC1OC(n2cnc3c(N)ncnc32)C(O)C1OP(=O)(O)O. The molecule has 4 aromatic heterocycles. The molecule has 6 heterocycles. The summed E-state index contributed by atoms with van der Waals surface area (Å²) in [7, 11) is -33.2. The molecule has 54 heteroatoms. The number of nitrogens with zero attached hydrogens (tertiary/aromatic N) is 8. The van der Waals surface area contributed by atoms with Gasteiger partial charge < -0.3 is 102 Å². The summed E-state index contributed by atoms with van der Waals surface area (Å²) in [5, 5.41) is 53.7. The van der Waals surface area contributed by atoms with E-state index in [4.69, 9.17) is 39.0 Å². The van der Waals surface area contributed by atoms with Gasteiger partial charge in [-0.2, -0.15) is 8.62 Å². The van der Waals surface area contributed by atoms with Crippen molar-refractivity contribution in [2.75, 3.05) is 64.1 Å². The van der Waals surface area contributed by atoms with Crippen molar-refractivity contribution in [2.45, 2.75) is 206 Å². The van der Waals surface area contributed by atoms with Crippen LogP contribution < -0.4 is 32.7 Å². The molecule has 672 valence electrons. The predicted molar refractivity (Wildman–Crippen MR) is 415 cm³/mol. The Balaban J connectivity index is 0.636. The van der Waals surface area contributed by atoms with Gasteiger partial charge in [0.25, 0.3) is 0 Å². The molecule has 8 rings (SSSR count). The molecule has 1 aromatic carbocycles. The first kappa shape index (κ1) is 99.1. The van der Waals surface area contributed by atoms with Gasteiger partial charge in [0, 0.05) is 73.5 Å². The molecule has 3 fully saturated rings. The van der Waals surface area contributed by atoms with Gasteiger partial charge in [0.1, 0.15) is 84.1 Å². The number of rotatable bonds is 52. The van der Waals surface area contributed by atoms with Gasteiger partial charge in [-0.3, -0.25) is 65.0 Å². The third kappa shape index (κ3) is 28.9. The number of carbonyl (C=O) groups excluding carboxylic acids is 6. The van der Waals surface area contributed by atoms with Crippen molar-refractivity contribution in [1.29, 1.82) is 0 Å². The Morgan fingerprint density at radius 2 is 0.925 bits per heavy atom. The fourth-order valence-corrected chi connectivity index (χ4v) is 18.8. The maximum atomic E-state index is 13.4. The average Bonchev–Trinajstić information content (AvgIpc) is 1.63. The van der Waals surface area contributed by atoms with E-state index >= 15 is 0 Å². The number of unbranched alkanes of at least 4 members (excludes halogenated alkanes) is 4. The molecule has 20 N–H and O–H groups in total. The minimum Gasteiger partial charge on any atom is -0.386 e. The summed E-state index contributed by atoms with van der Waals surface area (Å²) in [5.74, 6) is -3.22. The molecule has 4 amide bonds. The normalized spacial score (nSPS) is 22.2. The van der Waals surface area contributed by atoms with Gasteiger partial charge in [0.2, 0.25) is 23.6 Å². The molecular weight excluding hydrogens is 1720 g/mol. The fraction of sp³-hybridized carbons (Fsp3) is 0.667. The Labute approximate surface area is 686 Å². The number of nitrogen functional groups attached to an aromatic ring is 2. The zero-order valence-electron chi connectivity index (χ0n) is 66.1. The lowest BCUT2D eigenvalue weighted by molar-refractivity contribution is -0.137. The number of hydrogen-bond donors (Lipinski definition) is 18. The number of aromatic nitrogens is 8. The molecule has 2 saturated heterocycles. The monoisotopic (exact) mass is 1820 g/mol. The van der Waals surface area contributed by atoms with Crippen LogP contribution in [0.5, 0.6) is 0 Å². The summed E-state index contributed by atoms with van der Waals surface area (Å²) in [6.07, 6.45) is -4.71. The second-order valence-corrected chi connectivity index (χ2v) is 39.5. The highest BCUT2D eigenvalue weighted by Crippen LogP contribution is 2.63. The largest absolute Gasteiger partial charge is 0.481 e. The Kier molecular flexibility index (Phi) is 34.4. The first-order valence-electron chi connectivity index (χ1n) is 37.8. The molecule has 0 bridgehead atoms. The number of hydrogen-bond acceptors (Lipinski definition) is 34. The van der Waals surface area contributed by atoms with E-state index in [2.05, 4.69) is 81.0 Å². The van der Waals surface area contributed by atoms with E-state index < -0.39 is 180 Å². The number of aryl methyl sites for hydroxylation is 2. The van der Waals surface area contributed by atoms with Crippen LogP contribution in [0.4, 0.5) is 11.6 Å². The van der Waals surface area contributed by atoms with Crippen LogP contribution >= 0.6 is 46.9 Å². The smallest absolute Gasteiger partial charge is 0.386 e. The minimum atomic E-state index is -5.65. The van der Waals surface area contributed by atoms with Gasteiger partial charge in [-0.05, 0) is 62.5 Å². The number of ether oxygens (including phenoxy) is 2. The Morgan fingerprint density at radius 1 is 0.533 bits per heavy atom. The van der Waals surface area contributed by atoms with Crippen LogP contribution in [0.2, 0.25) is 0 Å². The van der Waals surface area contributed by atoms with Crippen LogP contribution in [0.25, 0.3) is 22.3 Å². The zero-order valence-corrected chi connectivity index (χ0v) is 71.5. The molecule has 5 aromatic rings. The lowest BCUT2D eigenvalue weighted by Crippen LogP contribution is -2.46. The van der Waals surface area contributed by atoms with Crippen molar-refractivity contribution in [3.8, 4) is 0 Å². The molecule has 120 heavy (non-hydrogen) atoms. The first-order valence-corrected chi connectivity index (χ1v) is 46.8. The number of nitrogens with one attached hydrogen (secondary N) is 4. The van der Waals surface area contributed by atoms with Crippen LogP contribution in [0.15, 0.2) is 49.6 Å². The van der Waals surface area contributed by atoms with Crippen molar-refractivity contribution in [1.82, 2.24) is 60.3 Å². The number of fused-ring (bicyclic) bond motifs is 2. The number of anilines is 2. The van der Waals surface area contributed by atoms with Gasteiger partial charge in [-0.1, -0.05) is 91.5 Å². The number of phosphoric acid groups is 6. The second-order valence-electron chi connectivity index (χ2n) is 31.0. The van der Waals surface area contributed by atoms with Crippen molar-refractivity contribution in [2.24, 2.45) is 21.7 Å². The lowest BCUT2D eigenvalue weighted by atomic mass is 9.81. The number of ketones is 2. The molecule has 0 spiro atoms. The van der Waals surface area contributed by atoms with Crippen LogP contribution in [-0.4, -0.2) is 235 Å². The molecule has 1 saturated carbocycles. The number of phosphoric ester groups is 6. The van der Waals surface area contributed by atoms with Crippen LogP contribution in [-0.2, 0) is 114 Å². The topological polar surface area (TPSA) is 727 Å². The van der Waals surface area contributed by atoms with Crippen LogP contribution in [0, 0.1) is 21.7 Å². The van der Waals surface area contributed by atoms with E-state index in [1.165, 1.54) is 38.8 Å². The van der Waals surface area contributed by atoms with Crippen molar-refractivity contribution < 1.29 is 161 Å². The number of benzene rings is 1. The molecule has 1 aliphatic carbocycles. The number of aliphatic hydroxyl groups is 4. The quantitative estimate of drug-likeness (QED) is 0.0196. The van der Waals surface area contributed by atoms with Crippen LogP contribution in [0.3, 0.4) is 0 Å². The lowest BCUT2D eigenvalue weighted by Gasteiger charge is -2.30.